The van der Waals surface area contributed by atoms with Gasteiger partial charge in [0.05, 0.1) is 36.7 Å². The lowest BCUT2D eigenvalue weighted by Gasteiger charge is -2.04. The van der Waals surface area contributed by atoms with Crippen LogP contribution in [0.15, 0.2) is 55.1 Å². The molecule has 130 valence electrons. The molecule has 0 atom stereocenters. The molecular formula is C19H14N8. The van der Waals surface area contributed by atoms with Gasteiger partial charge in [-0.3, -0.25) is 9.67 Å². The minimum atomic E-state index is 0.511. The van der Waals surface area contributed by atoms with Gasteiger partial charge >= 0.3 is 0 Å². The molecule has 4 aromatic heterocycles. The van der Waals surface area contributed by atoms with Crippen molar-refractivity contribution in [3.05, 3.63) is 74.2 Å². The molecule has 5 rings (SSSR count). The number of benzene rings is 1. The summed E-state index contributed by atoms with van der Waals surface area (Å²) in [5.41, 5.74) is 4.76. The number of nitrogens with zero attached hydrogens (tertiary/aromatic N) is 8. The Morgan fingerprint density at radius 2 is 2.07 bits per heavy atom. The summed E-state index contributed by atoms with van der Waals surface area (Å²) in [4.78, 5) is 13.4. The predicted molar refractivity (Wildman–Crippen MR) is 100 cm³/mol. The van der Waals surface area contributed by atoms with Crippen molar-refractivity contribution in [2.24, 2.45) is 0 Å². The third kappa shape index (κ3) is 2.80. The highest BCUT2D eigenvalue weighted by Crippen LogP contribution is 2.19. The van der Waals surface area contributed by atoms with Crippen LogP contribution in [0.1, 0.15) is 5.56 Å². The number of aromatic nitrogens is 8. The van der Waals surface area contributed by atoms with Crippen LogP contribution in [0.2, 0.25) is 0 Å². The van der Waals surface area contributed by atoms with Crippen molar-refractivity contribution in [1.29, 1.82) is 0 Å². The number of rotatable bonds is 4. The Kier molecular flexibility index (Phi) is 3.60. The van der Waals surface area contributed by atoms with Crippen molar-refractivity contribution in [3.63, 3.8) is 0 Å². The molecule has 5 aromatic rings. The molecule has 0 bridgehead atoms. The summed E-state index contributed by atoms with van der Waals surface area (Å²) in [6, 6.07) is 10.1. The highest BCUT2D eigenvalue weighted by Gasteiger charge is 2.12. The van der Waals surface area contributed by atoms with Crippen molar-refractivity contribution in [2.75, 3.05) is 0 Å². The quantitative estimate of drug-likeness (QED) is 0.493. The van der Waals surface area contributed by atoms with Crippen LogP contribution >= 0.6 is 0 Å². The average Bonchev–Trinajstić information content (AvgIpc) is 3.35. The Balaban J connectivity index is 1.53. The molecule has 8 nitrogen and oxygen atoms in total. The molecule has 4 heterocycles. The van der Waals surface area contributed by atoms with Gasteiger partial charge in [0.2, 0.25) is 5.65 Å². The standard InChI is InChI=1S/C19H14N8/c1-2-26-12-15(9-22-26)17-10-21-18-19(23-17)27(25-24-18)11-13-5-6-16-14(8-13)4-3-7-20-16/h2-10,12H,1,11H2. The number of hydrogen-bond donors (Lipinski definition) is 0. The fourth-order valence-corrected chi connectivity index (χ4v) is 2.97. The maximum atomic E-state index is 4.69. The average molecular weight is 354 g/mol. The molecule has 1 aromatic carbocycles. The normalized spacial score (nSPS) is 11.4. The number of hydrogen-bond acceptors (Lipinski definition) is 6. The fraction of sp³-hybridized carbons (Fsp3) is 0.0526. The first-order valence-electron chi connectivity index (χ1n) is 8.37. The fourth-order valence-electron chi connectivity index (χ4n) is 2.97. The summed E-state index contributed by atoms with van der Waals surface area (Å²) in [5.74, 6) is 0. The maximum absolute atomic E-state index is 4.69. The third-order valence-corrected chi connectivity index (χ3v) is 4.31. The van der Waals surface area contributed by atoms with Gasteiger partial charge in [0.1, 0.15) is 0 Å². The molecule has 8 heteroatoms. The zero-order chi connectivity index (χ0) is 18.2. The summed E-state index contributed by atoms with van der Waals surface area (Å²) < 4.78 is 3.38. The number of fused-ring (bicyclic) bond motifs is 2. The molecule has 0 unspecified atom stereocenters. The van der Waals surface area contributed by atoms with Gasteiger partial charge in [-0.05, 0) is 30.7 Å². The first-order valence-corrected chi connectivity index (χ1v) is 8.37. The lowest BCUT2D eigenvalue weighted by molar-refractivity contribution is 0.664. The Morgan fingerprint density at radius 1 is 1.11 bits per heavy atom. The van der Waals surface area contributed by atoms with Crippen LogP contribution in [0, 0.1) is 13.5 Å². The molecule has 0 aliphatic heterocycles. The van der Waals surface area contributed by atoms with Crippen LogP contribution in [0.25, 0.3) is 33.5 Å². The summed E-state index contributed by atoms with van der Waals surface area (Å²) in [5, 5.41) is 13.6. The lowest BCUT2D eigenvalue weighted by atomic mass is 10.1. The lowest BCUT2D eigenvalue weighted by Crippen LogP contribution is -2.03. The van der Waals surface area contributed by atoms with Gasteiger partial charge in [0.15, 0.2) is 5.65 Å². The molecule has 0 fully saturated rings. The number of pyridine rings is 1. The van der Waals surface area contributed by atoms with E-state index in [2.05, 4.69) is 43.4 Å². The Morgan fingerprint density at radius 3 is 2.96 bits per heavy atom. The smallest absolute Gasteiger partial charge is 0.221 e. The van der Waals surface area contributed by atoms with Gasteiger partial charge in [0.25, 0.3) is 0 Å². The summed E-state index contributed by atoms with van der Waals surface area (Å²) >= 11 is 0. The zero-order valence-corrected chi connectivity index (χ0v) is 14.3. The minimum Gasteiger partial charge on any atom is -0.267 e. The summed E-state index contributed by atoms with van der Waals surface area (Å²) in [6.45, 7) is 5.87. The van der Waals surface area contributed by atoms with E-state index in [0.29, 0.717) is 23.5 Å². The predicted octanol–water partition coefficient (Wildman–Crippen LogP) is 2.53. The van der Waals surface area contributed by atoms with Crippen LogP contribution in [0.4, 0.5) is 0 Å². The van der Waals surface area contributed by atoms with E-state index in [4.69, 9.17) is 0 Å². The second kappa shape index (κ2) is 6.24. The van der Waals surface area contributed by atoms with E-state index in [0.717, 1.165) is 22.0 Å². The van der Waals surface area contributed by atoms with E-state index in [9.17, 15) is 0 Å². The molecule has 0 spiro atoms. The molecule has 0 saturated carbocycles. The maximum Gasteiger partial charge on any atom is 0.221 e. The van der Waals surface area contributed by atoms with E-state index in [1.165, 1.54) is 0 Å². The van der Waals surface area contributed by atoms with Crippen LogP contribution in [-0.4, -0.2) is 39.7 Å². The Hall–Kier alpha value is -3.68. The summed E-state index contributed by atoms with van der Waals surface area (Å²) in [6.07, 6.45) is 7.03. The molecule has 27 heavy (non-hydrogen) atoms. The third-order valence-electron chi connectivity index (χ3n) is 4.31. The van der Waals surface area contributed by atoms with Crippen molar-refractivity contribution >= 4 is 22.2 Å². The second-order valence-electron chi connectivity index (χ2n) is 6.07. The van der Waals surface area contributed by atoms with E-state index >= 15 is 0 Å². The van der Waals surface area contributed by atoms with Crippen molar-refractivity contribution < 1.29 is 0 Å². The van der Waals surface area contributed by atoms with Crippen molar-refractivity contribution in [1.82, 2.24) is 39.7 Å². The Labute approximate surface area is 154 Å². The second-order valence-corrected chi connectivity index (χ2v) is 6.07. The first kappa shape index (κ1) is 15.6. The molecule has 2 radical (unpaired) electrons. The largest absolute Gasteiger partial charge is 0.267 e. The van der Waals surface area contributed by atoms with Crippen molar-refractivity contribution in [2.45, 2.75) is 6.54 Å². The van der Waals surface area contributed by atoms with Gasteiger partial charge in [-0.15, -0.1) is 5.10 Å². The monoisotopic (exact) mass is 354 g/mol. The van der Waals surface area contributed by atoms with E-state index < -0.39 is 0 Å². The SMILES string of the molecule is [CH2][CH]n1cc(-c2cnc3nnn(Cc4ccc5ncccc5c4)c3n2)cn1. The highest BCUT2D eigenvalue weighted by atomic mass is 15.4. The minimum absolute atomic E-state index is 0.511. The van der Waals surface area contributed by atoms with Crippen LogP contribution in [-0.2, 0) is 6.54 Å². The topological polar surface area (TPSA) is 87.2 Å². The summed E-state index contributed by atoms with van der Waals surface area (Å²) in [7, 11) is 0. The van der Waals surface area contributed by atoms with Crippen LogP contribution in [0.5, 0.6) is 0 Å². The molecule has 0 aliphatic rings. The molecule has 0 amide bonds. The van der Waals surface area contributed by atoms with Gasteiger partial charge < -0.3 is 0 Å². The van der Waals surface area contributed by atoms with E-state index in [-0.39, 0.29) is 0 Å². The molecule has 0 N–H and O–H groups in total. The van der Waals surface area contributed by atoms with Gasteiger partial charge in [0, 0.05) is 23.3 Å². The molecular weight excluding hydrogens is 340 g/mol. The van der Waals surface area contributed by atoms with Gasteiger partial charge in [-0.1, -0.05) is 17.3 Å². The van der Waals surface area contributed by atoms with E-state index in [1.54, 1.807) is 34.5 Å². The van der Waals surface area contributed by atoms with Gasteiger partial charge in [-0.25, -0.2) is 14.6 Å². The van der Waals surface area contributed by atoms with E-state index in [1.807, 2.05) is 30.5 Å². The van der Waals surface area contributed by atoms with Crippen LogP contribution < -0.4 is 0 Å². The highest BCUT2D eigenvalue weighted by molar-refractivity contribution is 5.79. The van der Waals surface area contributed by atoms with Gasteiger partial charge in [-0.2, -0.15) is 5.10 Å². The van der Waals surface area contributed by atoms with Crippen LogP contribution in [0.3, 0.4) is 0 Å². The first-order chi connectivity index (χ1) is 13.3. The van der Waals surface area contributed by atoms with Crippen molar-refractivity contribution in [3.8, 4) is 11.3 Å². The molecule has 0 saturated heterocycles. The Bertz CT molecular complexity index is 1250. The zero-order valence-electron chi connectivity index (χ0n) is 14.3. The molecule has 0 aliphatic carbocycles.